The molecule has 2 aliphatic heterocycles. The van der Waals surface area contributed by atoms with E-state index in [1.165, 1.54) is 6.20 Å². The highest BCUT2D eigenvalue weighted by Crippen LogP contribution is 2.25. The number of aromatic nitrogens is 1. The van der Waals surface area contributed by atoms with Crippen molar-refractivity contribution >= 4 is 17.5 Å². The lowest BCUT2D eigenvalue weighted by molar-refractivity contribution is -0.000986. The minimum Gasteiger partial charge on any atom is -0.379 e. The molecule has 3 rings (SSSR count). The number of nitrogens with zero attached hydrogens (tertiary/aromatic N) is 3. The lowest BCUT2D eigenvalue weighted by Crippen LogP contribution is -2.49. The molecular weight excluding hydrogens is 314 g/mol. The molecule has 23 heavy (non-hydrogen) atoms. The van der Waals surface area contributed by atoms with Crippen molar-refractivity contribution in [2.24, 2.45) is 5.92 Å². The molecule has 0 radical (unpaired) electrons. The minimum atomic E-state index is 0.0131. The predicted octanol–water partition coefficient (Wildman–Crippen LogP) is 2.31. The molecule has 2 aliphatic rings. The molecule has 0 aliphatic carbocycles. The Hall–Kier alpha value is -1.17. The molecule has 3 heterocycles. The van der Waals surface area contributed by atoms with Crippen LogP contribution >= 0.6 is 11.6 Å². The fourth-order valence-electron chi connectivity index (χ4n) is 3.53. The number of hydrogen-bond donors (Lipinski definition) is 0. The number of pyridine rings is 1. The first-order valence-electron chi connectivity index (χ1n) is 8.38. The zero-order chi connectivity index (χ0) is 16.2. The zero-order valence-electron chi connectivity index (χ0n) is 13.6. The van der Waals surface area contributed by atoms with Gasteiger partial charge in [0.25, 0.3) is 5.91 Å². The van der Waals surface area contributed by atoms with Gasteiger partial charge >= 0.3 is 0 Å². The van der Waals surface area contributed by atoms with Gasteiger partial charge in [-0.3, -0.25) is 9.69 Å². The minimum absolute atomic E-state index is 0.0131. The van der Waals surface area contributed by atoms with E-state index in [1.807, 2.05) is 4.90 Å². The van der Waals surface area contributed by atoms with Crippen LogP contribution in [0.5, 0.6) is 0 Å². The van der Waals surface area contributed by atoms with Gasteiger partial charge in [-0.05, 0) is 37.8 Å². The van der Waals surface area contributed by atoms with Crippen LogP contribution in [0.4, 0.5) is 0 Å². The summed E-state index contributed by atoms with van der Waals surface area (Å²) >= 11 is 5.83. The third-order valence-corrected chi connectivity index (χ3v) is 5.30. The molecule has 126 valence electrons. The molecular formula is C17H24ClN3O2. The molecule has 6 heteroatoms. The molecule has 1 aromatic heterocycles. The summed E-state index contributed by atoms with van der Waals surface area (Å²) in [6.45, 7) is 7.65. The Bertz CT molecular complexity index is 523. The van der Waals surface area contributed by atoms with E-state index in [0.29, 0.717) is 22.7 Å². The van der Waals surface area contributed by atoms with Crippen LogP contribution in [-0.4, -0.2) is 66.1 Å². The molecule has 0 bridgehead atoms. The van der Waals surface area contributed by atoms with E-state index < -0.39 is 0 Å². The third-order valence-electron chi connectivity index (χ3n) is 5.08. The summed E-state index contributed by atoms with van der Waals surface area (Å²) in [6.07, 6.45) is 3.64. The molecule has 0 saturated carbocycles. The van der Waals surface area contributed by atoms with Gasteiger partial charge in [0.15, 0.2) is 0 Å². The summed E-state index contributed by atoms with van der Waals surface area (Å²) in [5.41, 5.74) is 0.481. The second-order valence-corrected chi connectivity index (χ2v) is 6.82. The summed E-state index contributed by atoms with van der Waals surface area (Å²) in [5, 5.41) is 0.555. The molecule has 1 amide bonds. The Balaban J connectivity index is 1.53. The third kappa shape index (κ3) is 4.03. The Morgan fingerprint density at radius 3 is 2.57 bits per heavy atom. The Morgan fingerprint density at radius 2 is 1.96 bits per heavy atom. The number of carbonyl (C=O) groups excluding carboxylic acids is 1. The molecule has 5 nitrogen and oxygen atoms in total. The van der Waals surface area contributed by atoms with E-state index in [2.05, 4.69) is 16.8 Å². The molecule has 0 spiro atoms. The molecule has 0 N–H and O–H groups in total. The average molecular weight is 338 g/mol. The van der Waals surface area contributed by atoms with Crippen LogP contribution in [0.2, 0.25) is 5.02 Å². The van der Waals surface area contributed by atoms with Gasteiger partial charge in [0, 0.05) is 38.4 Å². The summed E-state index contributed by atoms with van der Waals surface area (Å²) in [5.74, 6) is 0.662. The fraction of sp³-hybridized carbons (Fsp3) is 0.647. The number of amides is 1. The number of piperidine rings is 1. The van der Waals surface area contributed by atoms with E-state index in [9.17, 15) is 4.79 Å². The SMILES string of the molecule is CC(C1CCN(C(=O)c2ccc(Cl)cn2)CC1)N1CCOCC1. The van der Waals surface area contributed by atoms with Gasteiger partial charge in [-0.2, -0.15) is 0 Å². The highest BCUT2D eigenvalue weighted by atomic mass is 35.5. The van der Waals surface area contributed by atoms with E-state index in [4.69, 9.17) is 16.3 Å². The van der Waals surface area contributed by atoms with Gasteiger partial charge in [0.1, 0.15) is 5.69 Å². The summed E-state index contributed by atoms with van der Waals surface area (Å²) in [7, 11) is 0. The van der Waals surface area contributed by atoms with E-state index >= 15 is 0 Å². The van der Waals surface area contributed by atoms with Crippen LogP contribution in [0.1, 0.15) is 30.3 Å². The lowest BCUT2D eigenvalue weighted by Gasteiger charge is -2.40. The van der Waals surface area contributed by atoms with Crippen LogP contribution in [-0.2, 0) is 4.74 Å². The quantitative estimate of drug-likeness (QED) is 0.849. The van der Waals surface area contributed by atoms with Gasteiger partial charge in [-0.15, -0.1) is 0 Å². The highest BCUT2D eigenvalue weighted by molar-refractivity contribution is 6.30. The Morgan fingerprint density at radius 1 is 1.26 bits per heavy atom. The predicted molar refractivity (Wildman–Crippen MR) is 89.7 cm³/mol. The van der Waals surface area contributed by atoms with Gasteiger partial charge in [0.05, 0.1) is 18.2 Å². The van der Waals surface area contributed by atoms with Gasteiger partial charge in [-0.25, -0.2) is 4.98 Å². The van der Waals surface area contributed by atoms with Gasteiger partial charge in [0.2, 0.25) is 0 Å². The maximum atomic E-state index is 12.5. The highest BCUT2D eigenvalue weighted by Gasteiger charge is 2.30. The first kappa shape index (κ1) is 16.7. The van der Waals surface area contributed by atoms with Crippen molar-refractivity contribution < 1.29 is 9.53 Å². The summed E-state index contributed by atoms with van der Waals surface area (Å²) in [6, 6.07) is 3.98. The van der Waals surface area contributed by atoms with Crippen LogP contribution < -0.4 is 0 Å². The first-order chi connectivity index (χ1) is 11.1. The Kier molecular flexibility index (Phi) is 5.51. The first-order valence-corrected chi connectivity index (χ1v) is 8.75. The van der Waals surface area contributed by atoms with Crippen molar-refractivity contribution in [1.82, 2.24) is 14.8 Å². The van der Waals surface area contributed by atoms with Crippen molar-refractivity contribution in [3.05, 3.63) is 29.0 Å². The summed E-state index contributed by atoms with van der Waals surface area (Å²) in [4.78, 5) is 21.1. The van der Waals surface area contributed by atoms with Gasteiger partial charge < -0.3 is 9.64 Å². The maximum Gasteiger partial charge on any atom is 0.272 e. The van der Waals surface area contributed by atoms with Crippen molar-refractivity contribution in [2.45, 2.75) is 25.8 Å². The number of morpholine rings is 1. The standard InChI is InChI=1S/C17H24ClN3O2/c1-13(20-8-10-23-11-9-20)14-4-6-21(7-5-14)17(22)16-3-2-15(18)12-19-16/h2-3,12-14H,4-11H2,1H3. The molecule has 1 atom stereocenters. The van der Waals surface area contributed by atoms with E-state index in [0.717, 1.165) is 52.2 Å². The van der Waals surface area contributed by atoms with Crippen molar-refractivity contribution in [1.29, 1.82) is 0 Å². The maximum absolute atomic E-state index is 12.5. The lowest BCUT2D eigenvalue weighted by atomic mass is 9.89. The second kappa shape index (κ2) is 7.60. The second-order valence-electron chi connectivity index (χ2n) is 6.38. The Labute approximate surface area is 142 Å². The number of ether oxygens (including phenoxy) is 1. The molecule has 1 unspecified atom stereocenters. The van der Waals surface area contributed by atoms with E-state index in [-0.39, 0.29) is 5.91 Å². The zero-order valence-corrected chi connectivity index (χ0v) is 14.3. The van der Waals surface area contributed by atoms with Crippen LogP contribution in [0, 0.1) is 5.92 Å². The van der Waals surface area contributed by atoms with E-state index in [1.54, 1.807) is 12.1 Å². The van der Waals surface area contributed by atoms with Crippen LogP contribution in [0.3, 0.4) is 0 Å². The topological polar surface area (TPSA) is 45.7 Å². The van der Waals surface area contributed by atoms with Crippen molar-refractivity contribution in [3.8, 4) is 0 Å². The molecule has 1 aromatic rings. The molecule has 0 aromatic carbocycles. The fourth-order valence-corrected chi connectivity index (χ4v) is 3.64. The smallest absolute Gasteiger partial charge is 0.272 e. The summed E-state index contributed by atoms with van der Waals surface area (Å²) < 4.78 is 5.43. The number of rotatable bonds is 3. The largest absolute Gasteiger partial charge is 0.379 e. The number of carbonyl (C=O) groups is 1. The molecule has 2 fully saturated rings. The van der Waals surface area contributed by atoms with Crippen molar-refractivity contribution in [2.75, 3.05) is 39.4 Å². The normalized spacial score (nSPS) is 22.1. The molecule has 2 saturated heterocycles. The number of hydrogen-bond acceptors (Lipinski definition) is 4. The monoisotopic (exact) mass is 337 g/mol. The van der Waals surface area contributed by atoms with Crippen LogP contribution in [0.25, 0.3) is 0 Å². The van der Waals surface area contributed by atoms with Crippen LogP contribution in [0.15, 0.2) is 18.3 Å². The number of halogens is 1. The average Bonchev–Trinajstić information content (AvgIpc) is 2.62. The number of likely N-dealkylation sites (tertiary alicyclic amines) is 1. The van der Waals surface area contributed by atoms with Gasteiger partial charge in [-0.1, -0.05) is 11.6 Å². The van der Waals surface area contributed by atoms with Crippen molar-refractivity contribution in [3.63, 3.8) is 0 Å².